The van der Waals surface area contributed by atoms with Crippen LogP contribution in [0.4, 0.5) is 0 Å². The second-order valence-corrected chi connectivity index (χ2v) is 5.67. The Labute approximate surface area is 110 Å². The van der Waals surface area contributed by atoms with Crippen molar-refractivity contribution >= 4 is 11.8 Å². The Morgan fingerprint density at radius 1 is 1.44 bits per heavy atom. The monoisotopic (exact) mass is 258 g/mol. The number of fused-ring (bicyclic) bond motifs is 1. The molecule has 18 heavy (non-hydrogen) atoms. The molecule has 2 heterocycles. The van der Waals surface area contributed by atoms with Crippen LogP contribution in [0.2, 0.25) is 0 Å². The lowest BCUT2D eigenvalue weighted by atomic mass is 10.0. The Balaban J connectivity index is 1.91. The van der Waals surface area contributed by atoms with Crippen molar-refractivity contribution in [1.82, 2.24) is 9.55 Å². The van der Waals surface area contributed by atoms with Crippen LogP contribution < -0.4 is 5.69 Å². The summed E-state index contributed by atoms with van der Waals surface area (Å²) in [5.74, 6) is 1.45. The third kappa shape index (κ3) is 2.08. The number of thioether (sulfide) groups is 1. The number of aromatic nitrogens is 2. The van der Waals surface area contributed by atoms with Crippen molar-refractivity contribution in [3.63, 3.8) is 0 Å². The highest BCUT2D eigenvalue weighted by Gasteiger charge is 2.23. The standard InChI is InChI=1S/C14H14N2OS/c1-10-6-15-14(17)16(7-10)8-11-9-18-13-5-3-2-4-12(11)13/h2-7,11H,8-9H2,1H3. The normalized spacial score (nSPS) is 17.7. The van der Waals surface area contributed by atoms with Gasteiger partial charge in [-0.25, -0.2) is 9.78 Å². The van der Waals surface area contributed by atoms with Gasteiger partial charge in [0.1, 0.15) is 0 Å². The molecular weight excluding hydrogens is 244 g/mol. The Hall–Kier alpha value is -1.55. The van der Waals surface area contributed by atoms with Crippen LogP contribution in [0.25, 0.3) is 0 Å². The van der Waals surface area contributed by atoms with Gasteiger partial charge in [-0.3, -0.25) is 4.57 Å². The van der Waals surface area contributed by atoms with E-state index in [1.807, 2.05) is 24.9 Å². The van der Waals surface area contributed by atoms with E-state index in [4.69, 9.17) is 0 Å². The minimum absolute atomic E-state index is 0.157. The molecule has 0 N–H and O–H groups in total. The number of nitrogens with zero attached hydrogens (tertiary/aromatic N) is 2. The van der Waals surface area contributed by atoms with Gasteiger partial charge in [-0.15, -0.1) is 11.8 Å². The molecule has 1 aliphatic rings. The second kappa shape index (κ2) is 4.61. The summed E-state index contributed by atoms with van der Waals surface area (Å²) >= 11 is 1.87. The number of hydrogen-bond acceptors (Lipinski definition) is 3. The van der Waals surface area contributed by atoms with Crippen LogP contribution in [0.1, 0.15) is 17.0 Å². The first-order chi connectivity index (χ1) is 8.74. The van der Waals surface area contributed by atoms with Gasteiger partial charge in [-0.1, -0.05) is 18.2 Å². The van der Waals surface area contributed by atoms with Crippen molar-refractivity contribution in [2.45, 2.75) is 24.3 Å². The van der Waals surface area contributed by atoms with Gasteiger partial charge in [0.15, 0.2) is 0 Å². The maximum atomic E-state index is 11.7. The fraction of sp³-hybridized carbons (Fsp3) is 0.286. The molecule has 0 spiro atoms. The molecule has 1 unspecified atom stereocenters. The van der Waals surface area contributed by atoms with Crippen LogP contribution in [0.5, 0.6) is 0 Å². The highest BCUT2D eigenvalue weighted by Crippen LogP contribution is 2.39. The Bertz CT molecular complexity index is 636. The van der Waals surface area contributed by atoms with Gasteiger partial charge >= 0.3 is 5.69 Å². The Morgan fingerprint density at radius 3 is 3.17 bits per heavy atom. The summed E-state index contributed by atoms with van der Waals surface area (Å²) in [7, 11) is 0. The predicted octanol–water partition coefficient (Wildman–Crippen LogP) is 2.44. The predicted molar refractivity (Wildman–Crippen MR) is 73.1 cm³/mol. The van der Waals surface area contributed by atoms with Gasteiger partial charge in [-0.05, 0) is 24.1 Å². The Morgan fingerprint density at radius 2 is 2.28 bits per heavy atom. The first-order valence-corrected chi connectivity index (χ1v) is 6.97. The molecule has 3 nitrogen and oxygen atoms in total. The third-order valence-corrected chi connectivity index (χ3v) is 4.45. The van der Waals surface area contributed by atoms with Gasteiger partial charge < -0.3 is 0 Å². The molecule has 0 aliphatic carbocycles. The summed E-state index contributed by atoms with van der Waals surface area (Å²) < 4.78 is 1.72. The average Bonchev–Trinajstić information content (AvgIpc) is 2.78. The number of benzene rings is 1. The van der Waals surface area contributed by atoms with Crippen LogP contribution in [-0.4, -0.2) is 15.3 Å². The lowest BCUT2D eigenvalue weighted by Crippen LogP contribution is -2.25. The third-order valence-electron chi connectivity index (χ3n) is 3.20. The van der Waals surface area contributed by atoms with Crippen molar-refractivity contribution < 1.29 is 0 Å². The summed E-state index contributed by atoms with van der Waals surface area (Å²) in [4.78, 5) is 16.9. The molecule has 3 rings (SSSR count). The van der Waals surface area contributed by atoms with Crippen LogP contribution >= 0.6 is 11.8 Å². The van der Waals surface area contributed by atoms with Crippen molar-refractivity contribution in [1.29, 1.82) is 0 Å². The number of hydrogen-bond donors (Lipinski definition) is 0. The molecule has 4 heteroatoms. The number of rotatable bonds is 2. The van der Waals surface area contributed by atoms with E-state index in [9.17, 15) is 4.79 Å². The zero-order chi connectivity index (χ0) is 12.5. The smallest absolute Gasteiger partial charge is 0.298 e. The summed E-state index contributed by atoms with van der Waals surface area (Å²) in [6, 6.07) is 8.44. The van der Waals surface area contributed by atoms with Crippen molar-refractivity contribution in [2.75, 3.05) is 5.75 Å². The van der Waals surface area contributed by atoms with Gasteiger partial charge in [0, 0.05) is 35.5 Å². The van der Waals surface area contributed by atoms with E-state index < -0.39 is 0 Å². The second-order valence-electron chi connectivity index (χ2n) is 4.61. The first-order valence-electron chi connectivity index (χ1n) is 5.99. The molecule has 2 aromatic rings. The molecule has 0 saturated heterocycles. The lowest BCUT2D eigenvalue weighted by Gasteiger charge is -2.12. The maximum Gasteiger partial charge on any atom is 0.347 e. The molecule has 92 valence electrons. The zero-order valence-electron chi connectivity index (χ0n) is 10.2. The van der Waals surface area contributed by atoms with E-state index in [-0.39, 0.29) is 5.69 Å². The molecule has 1 aliphatic heterocycles. The minimum atomic E-state index is -0.157. The lowest BCUT2D eigenvalue weighted by molar-refractivity contribution is 0.573. The fourth-order valence-corrected chi connectivity index (χ4v) is 3.56. The average molecular weight is 258 g/mol. The largest absolute Gasteiger partial charge is 0.347 e. The molecule has 1 aromatic heterocycles. The quantitative estimate of drug-likeness (QED) is 0.830. The summed E-state index contributed by atoms with van der Waals surface area (Å²) in [6.07, 6.45) is 3.51. The van der Waals surface area contributed by atoms with E-state index in [0.717, 1.165) is 17.9 Å². The topological polar surface area (TPSA) is 34.9 Å². The van der Waals surface area contributed by atoms with Crippen LogP contribution in [0.15, 0.2) is 46.3 Å². The molecule has 0 fully saturated rings. The van der Waals surface area contributed by atoms with Crippen LogP contribution in [-0.2, 0) is 6.54 Å². The molecule has 0 radical (unpaired) electrons. The van der Waals surface area contributed by atoms with Crippen molar-refractivity contribution in [2.24, 2.45) is 0 Å². The molecular formula is C14H14N2OS. The zero-order valence-corrected chi connectivity index (χ0v) is 11.0. The van der Waals surface area contributed by atoms with Crippen molar-refractivity contribution in [3.05, 3.63) is 58.3 Å². The first kappa shape index (κ1) is 11.5. The van der Waals surface area contributed by atoms with Crippen LogP contribution in [0, 0.1) is 6.92 Å². The highest BCUT2D eigenvalue weighted by molar-refractivity contribution is 7.99. The van der Waals surface area contributed by atoms with Gasteiger partial charge in [-0.2, -0.15) is 0 Å². The fourth-order valence-electron chi connectivity index (χ4n) is 2.31. The summed E-state index contributed by atoms with van der Waals surface area (Å²) in [5.41, 5.74) is 2.22. The summed E-state index contributed by atoms with van der Waals surface area (Å²) in [6.45, 7) is 2.68. The molecule has 1 aromatic carbocycles. The highest BCUT2D eigenvalue weighted by atomic mass is 32.2. The number of aryl methyl sites for hydroxylation is 1. The van der Waals surface area contributed by atoms with E-state index >= 15 is 0 Å². The maximum absolute atomic E-state index is 11.7. The molecule has 1 atom stereocenters. The van der Waals surface area contributed by atoms with E-state index in [0.29, 0.717) is 5.92 Å². The van der Waals surface area contributed by atoms with E-state index in [1.165, 1.54) is 10.5 Å². The van der Waals surface area contributed by atoms with Gasteiger partial charge in [0.05, 0.1) is 0 Å². The molecule has 0 bridgehead atoms. The SMILES string of the molecule is Cc1cnc(=O)n(CC2CSc3ccccc32)c1. The van der Waals surface area contributed by atoms with Crippen LogP contribution in [0.3, 0.4) is 0 Å². The van der Waals surface area contributed by atoms with Gasteiger partial charge in [0.2, 0.25) is 0 Å². The summed E-state index contributed by atoms with van der Waals surface area (Å²) in [5, 5.41) is 0. The minimum Gasteiger partial charge on any atom is -0.298 e. The Kier molecular flexibility index (Phi) is 2.96. The molecule has 0 amide bonds. The van der Waals surface area contributed by atoms with E-state index in [1.54, 1.807) is 10.8 Å². The van der Waals surface area contributed by atoms with E-state index in [2.05, 4.69) is 29.2 Å². The van der Waals surface area contributed by atoms with Gasteiger partial charge in [0.25, 0.3) is 0 Å². The molecule has 0 saturated carbocycles. The van der Waals surface area contributed by atoms with Crippen molar-refractivity contribution in [3.8, 4) is 0 Å².